The molecule has 4 nitrogen and oxygen atoms in total. The lowest BCUT2D eigenvalue weighted by Crippen LogP contribution is -2.32. The van der Waals surface area contributed by atoms with Crippen molar-refractivity contribution in [2.75, 3.05) is 26.8 Å². The molecule has 0 saturated carbocycles. The SMILES string of the molecule is COCCCc1cccc(CN2CCC(c3ccc(C(=O)O)cc3)CC2)c1. The topological polar surface area (TPSA) is 49.8 Å². The minimum absolute atomic E-state index is 0.363. The molecule has 0 atom stereocenters. The third-order valence-corrected chi connectivity index (χ3v) is 5.43. The average Bonchev–Trinajstić information content (AvgIpc) is 2.69. The number of aromatic carboxylic acids is 1. The van der Waals surface area contributed by atoms with Crippen molar-refractivity contribution in [3.8, 4) is 0 Å². The van der Waals surface area contributed by atoms with E-state index >= 15 is 0 Å². The van der Waals surface area contributed by atoms with E-state index in [9.17, 15) is 4.79 Å². The van der Waals surface area contributed by atoms with Gasteiger partial charge >= 0.3 is 5.97 Å². The van der Waals surface area contributed by atoms with E-state index in [1.54, 1.807) is 19.2 Å². The Balaban J connectivity index is 1.50. The van der Waals surface area contributed by atoms with Gasteiger partial charge in [-0.15, -0.1) is 0 Å². The van der Waals surface area contributed by atoms with Gasteiger partial charge in [0.15, 0.2) is 0 Å². The third kappa shape index (κ3) is 5.65. The van der Waals surface area contributed by atoms with Crippen LogP contribution in [-0.4, -0.2) is 42.8 Å². The monoisotopic (exact) mass is 367 g/mol. The van der Waals surface area contributed by atoms with Gasteiger partial charge in [-0.25, -0.2) is 4.79 Å². The molecule has 1 saturated heterocycles. The average molecular weight is 367 g/mol. The van der Waals surface area contributed by atoms with Gasteiger partial charge in [0.05, 0.1) is 5.56 Å². The second-order valence-electron chi connectivity index (χ2n) is 7.39. The number of carboxylic acids is 1. The van der Waals surface area contributed by atoms with Crippen LogP contribution in [0.2, 0.25) is 0 Å². The lowest BCUT2D eigenvalue weighted by Gasteiger charge is -2.32. The number of carbonyl (C=O) groups is 1. The van der Waals surface area contributed by atoms with Crippen molar-refractivity contribution in [3.05, 3.63) is 70.8 Å². The molecule has 1 N–H and O–H groups in total. The van der Waals surface area contributed by atoms with Gasteiger partial charge in [-0.2, -0.15) is 0 Å². The predicted octanol–water partition coefficient (Wildman–Crippen LogP) is 4.34. The van der Waals surface area contributed by atoms with Gasteiger partial charge < -0.3 is 9.84 Å². The quantitative estimate of drug-likeness (QED) is 0.705. The first-order valence-electron chi connectivity index (χ1n) is 9.78. The summed E-state index contributed by atoms with van der Waals surface area (Å²) in [6.45, 7) is 3.98. The molecule has 0 spiro atoms. The molecule has 3 rings (SSSR count). The highest BCUT2D eigenvalue weighted by atomic mass is 16.5. The van der Waals surface area contributed by atoms with Gasteiger partial charge in [0.2, 0.25) is 0 Å². The maximum atomic E-state index is 11.0. The zero-order valence-electron chi connectivity index (χ0n) is 16.1. The van der Waals surface area contributed by atoms with Crippen molar-refractivity contribution >= 4 is 5.97 Å². The summed E-state index contributed by atoms with van der Waals surface area (Å²) in [7, 11) is 1.75. The van der Waals surface area contributed by atoms with Crippen LogP contribution in [0.1, 0.15) is 52.2 Å². The van der Waals surface area contributed by atoms with Crippen molar-refractivity contribution in [2.24, 2.45) is 0 Å². The Bertz CT molecular complexity index is 734. The Morgan fingerprint density at radius 2 is 1.81 bits per heavy atom. The fourth-order valence-corrected chi connectivity index (χ4v) is 3.88. The number of ether oxygens (including phenoxy) is 1. The summed E-state index contributed by atoms with van der Waals surface area (Å²) < 4.78 is 5.14. The summed E-state index contributed by atoms with van der Waals surface area (Å²) in [6, 6.07) is 16.3. The summed E-state index contributed by atoms with van der Waals surface area (Å²) in [5.74, 6) is -0.328. The van der Waals surface area contributed by atoms with Gasteiger partial charge in [-0.1, -0.05) is 36.4 Å². The Kier molecular flexibility index (Phi) is 7.02. The maximum Gasteiger partial charge on any atom is 0.335 e. The lowest BCUT2D eigenvalue weighted by atomic mass is 9.89. The molecule has 0 unspecified atom stereocenters. The molecule has 0 aromatic heterocycles. The van der Waals surface area contributed by atoms with Crippen LogP contribution in [0.3, 0.4) is 0 Å². The van der Waals surface area contributed by atoms with Crippen LogP contribution in [0.5, 0.6) is 0 Å². The number of methoxy groups -OCH3 is 1. The molecule has 27 heavy (non-hydrogen) atoms. The van der Waals surface area contributed by atoms with Crippen LogP contribution in [-0.2, 0) is 17.7 Å². The van der Waals surface area contributed by atoms with E-state index in [4.69, 9.17) is 9.84 Å². The first-order chi connectivity index (χ1) is 13.2. The Morgan fingerprint density at radius 1 is 1.11 bits per heavy atom. The molecule has 0 bridgehead atoms. The van der Waals surface area contributed by atoms with Crippen molar-refractivity contribution in [2.45, 2.75) is 38.1 Å². The zero-order chi connectivity index (χ0) is 19.1. The fraction of sp³-hybridized carbons (Fsp3) is 0.435. The maximum absolute atomic E-state index is 11.0. The first-order valence-corrected chi connectivity index (χ1v) is 9.78. The minimum atomic E-state index is -0.860. The third-order valence-electron chi connectivity index (χ3n) is 5.43. The molecule has 144 valence electrons. The van der Waals surface area contributed by atoms with Gasteiger partial charge in [-0.05, 0) is 73.5 Å². The molecular weight excluding hydrogens is 338 g/mol. The molecule has 2 aromatic rings. The number of piperidine rings is 1. The summed E-state index contributed by atoms with van der Waals surface area (Å²) >= 11 is 0. The molecule has 4 heteroatoms. The lowest BCUT2D eigenvalue weighted by molar-refractivity contribution is 0.0697. The number of carboxylic acid groups (broad SMARTS) is 1. The van der Waals surface area contributed by atoms with Crippen molar-refractivity contribution in [1.29, 1.82) is 0 Å². The van der Waals surface area contributed by atoms with E-state index in [0.717, 1.165) is 51.9 Å². The van der Waals surface area contributed by atoms with E-state index in [1.165, 1.54) is 16.7 Å². The smallest absolute Gasteiger partial charge is 0.335 e. The van der Waals surface area contributed by atoms with E-state index in [-0.39, 0.29) is 0 Å². The molecular formula is C23H29NO3. The van der Waals surface area contributed by atoms with E-state index in [0.29, 0.717) is 11.5 Å². The van der Waals surface area contributed by atoms with E-state index < -0.39 is 5.97 Å². The number of hydrogen-bond acceptors (Lipinski definition) is 3. The van der Waals surface area contributed by atoms with Crippen LogP contribution in [0.4, 0.5) is 0 Å². The molecule has 1 aliphatic rings. The number of nitrogens with zero attached hydrogens (tertiary/aromatic N) is 1. The predicted molar refractivity (Wildman–Crippen MR) is 107 cm³/mol. The van der Waals surface area contributed by atoms with Crippen molar-refractivity contribution in [1.82, 2.24) is 4.90 Å². The Hall–Kier alpha value is -2.17. The second-order valence-corrected chi connectivity index (χ2v) is 7.39. The number of aryl methyl sites for hydroxylation is 1. The van der Waals surface area contributed by atoms with Gasteiger partial charge in [-0.3, -0.25) is 4.90 Å². The molecule has 1 aliphatic heterocycles. The zero-order valence-corrected chi connectivity index (χ0v) is 16.1. The molecule has 0 aliphatic carbocycles. The van der Waals surface area contributed by atoms with Crippen LogP contribution < -0.4 is 0 Å². The molecule has 2 aromatic carbocycles. The number of benzene rings is 2. The number of rotatable bonds is 8. The number of hydrogen-bond donors (Lipinski definition) is 1. The summed E-state index contributed by atoms with van der Waals surface area (Å²) in [6.07, 6.45) is 4.38. The second kappa shape index (κ2) is 9.67. The van der Waals surface area contributed by atoms with Crippen LogP contribution in [0.25, 0.3) is 0 Å². The van der Waals surface area contributed by atoms with Crippen LogP contribution >= 0.6 is 0 Å². The van der Waals surface area contributed by atoms with Crippen molar-refractivity contribution in [3.63, 3.8) is 0 Å². The summed E-state index contributed by atoms with van der Waals surface area (Å²) in [4.78, 5) is 13.5. The fourth-order valence-electron chi connectivity index (χ4n) is 3.88. The first kappa shape index (κ1) is 19.6. The molecule has 1 heterocycles. The Morgan fingerprint density at radius 3 is 2.48 bits per heavy atom. The Labute approximate surface area is 161 Å². The summed E-state index contributed by atoms with van der Waals surface area (Å²) in [5, 5.41) is 9.03. The molecule has 0 radical (unpaired) electrons. The van der Waals surface area contributed by atoms with Crippen LogP contribution in [0, 0.1) is 0 Å². The highest BCUT2D eigenvalue weighted by molar-refractivity contribution is 5.87. The van der Waals surface area contributed by atoms with Crippen LogP contribution in [0.15, 0.2) is 48.5 Å². The molecule has 1 fully saturated rings. The molecule has 0 amide bonds. The highest BCUT2D eigenvalue weighted by Crippen LogP contribution is 2.29. The normalized spacial score (nSPS) is 15.7. The van der Waals surface area contributed by atoms with E-state index in [2.05, 4.69) is 29.2 Å². The van der Waals surface area contributed by atoms with Gasteiger partial charge in [0.25, 0.3) is 0 Å². The van der Waals surface area contributed by atoms with Gasteiger partial charge in [0, 0.05) is 20.3 Å². The number of likely N-dealkylation sites (tertiary alicyclic amines) is 1. The van der Waals surface area contributed by atoms with Crippen molar-refractivity contribution < 1.29 is 14.6 Å². The minimum Gasteiger partial charge on any atom is -0.478 e. The standard InChI is InChI=1S/C23H29NO3/c1-27-15-3-6-18-4-2-5-19(16-18)17-24-13-11-21(12-14-24)20-7-9-22(10-8-20)23(25)26/h2,4-5,7-10,16,21H,3,6,11-15,17H2,1H3,(H,25,26). The van der Waals surface area contributed by atoms with Gasteiger partial charge in [0.1, 0.15) is 0 Å². The van der Waals surface area contributed by atoms with E-state index in [1.807, 2.05) is 12.1 Å². The summed E-state index contributed by atoms with van der Waals surface area (Å²) in [5.41, 5.74) is 4.40. The highest BCUT2D eigenvalue weighted by Gasteiger charge is 2.21. The largest absolute Gasteiger partial charge is 0.478 e.